The topological polar surface area (TPSA) is 87.0 Å². The van der Waals surface area contributed by atoms with Gasteiger partial charge in [0.2, 0.25) is 5.91 Å². The number of hydrogen-bond acceptors (Lipinski definition) is 6. The van der Waals surface area contributed by atoms with Crippen molar-refractivity contribution in [3.05, 3.63) is 70.0 Å². The lowest BCUT2D eigenvalue weighted by Gasteiger charge is -2.29. The summed E-state index contributed by atoms with van der Waals surface area (Å²) in [7, 11) is 0. The van der Waals surface area contributed by atoms with E-state index in [2.05, 4.69) is 0 Å². The fraction of sp³-hybridized carbons (Fsp3) is 0.300. The van der Waals surface area contributed by atoms with Crippen LogP contribution in [0.3, 0.4) is 0 Å². The van der Waals surface area contributed by atoms with Gasteiger partial charge in [0, 0.05) is 25.2 Å². The van der Waals surface area contributed by atoms with E-state index in [1.165, 1.54) is 36.4 Å². The molecule has 8 nitrogen and oxygen atoms in total. The average molecular weight is 396 g/mol. The fourth-order valence-corrected chi connectivity index (χ4v) is 4.75. The zero-order chi connectivity index (χ0) is 20.3. The van der Waals surface area contributed by atoms with Gasteiger partial charge in [-0.3, -0.25) is 19.7 Å². The van der Waals surface area contributed by atoms with Gasteiger partial charge in [-0.15, -0.1) is 0 Å². The van der Waals surface area contributed by atoms with Crippen molar-refractivity contribution in [2.75, 3.05) is 18.0 Å². The monoisotopic (exact) mass is 396 g/mol. The molecule has 3 aliphatic rings. The number of hydrazine groups is 1. The minimum absolute atomic E-state index is 0.108. The molecule has 3 atom stereocenters. The second-order valence-corrected chi connectivity index (χ2v) is 7.43. The number of hydrogen-bond donors (Lipinski definition) is 0. The molecule has 0 spiro atoms. The highest BCUT2D eigenvalue weighted by Gasteiger charge is 2.62. The molecule has 9 heteroatoms. The van der Waals surface area contributed by atoms with Crippen molar-refractivity contribution in [3.8, 4) is 0 Å². The number of rotatable bonds is 3. The van der Waals surface area contributed by atoms with Crippen LogP contribution in [0.25, 0.3) is 0 Å². The normalized spacial score (nSPS) is 26.8. The summed E-state index contributed by atoms with van der Waals surface area (Å²) >= 11 is 0. The van der Waals surface area contributed by atoms with Gasteiger partial charge in [0.1, 0.15) is 11.9 Å². The third-order valence-electron chi connectivity index (χ3n) is 5.94. The number of nitrogens with zero attached hydrogens (tertiary/aromatic N) is 4. The lowest BCUT2D eigenvalue weighted by Crippen LogP contribution is -2.44. The Morgan fingerprint density at radius 2 is 1.52 bits per heavy atom. The number of benzene rings is 2. The third kappa shape index (κ3) is 2.58. The summed E-state index contributed by atoms with van der Waals surface area (Å²) in [6.45, 7) is 1.40. The van der Waals surface area contributed by atoms with Gasteiger partial charge >= 0.3 is 0 Å². The maximum absolute atomic E-state index is 13.4. The molecule has 0 aromatic heterocycles. The van der Waals surface area contributed by atoms with Gasteiger partial charge in [0.05, 0.1) is 22.6 Å². The minimum atomic E-state index is -0.616. The van der Waals surface area contributed by atoms with Crippen LogP contribution in [0.4, 0.5) is 15.8 Å². The van der Waals surface area contributed by atoms with E-state index in [4.69, 9.17) is 0 Å². The van der Waals surface area contributed by atoms with Crippen LogP contribution in [-0.4, -0.2) is 45.9 Å². The zero-order valence-electron chi connectivity index (χ0n) is 15.3. The molecular weight excluding hydrogens is 379 g/mol. The highest BCUT2D eigenvalue weighted by atomic mass is 19.1. The fourth-order valence-electron chi connectivity index (χ4n) is 4.75. The first-order chi connectivity index (χ1) is 14.0. The second kappa shape index (κ2) is 6.43. The van der Waals surface area contributed by atoms with Crippen LogP contribution in [-0.2, 0) is 9.59 Å². The summed E-state index contributed by atoms with van der Waals surface area (Å²) in [5.74, 6) is -1.63. The van der Waals surface area contributed by atoms with Crippen molar-refractivity contribution in [2.24, 2.45) is 5.92 Å². The van der Waals surface area contributed by atoms with Gasteiger partial charge in [-0.2, -0.15) is 0 Å². The molecule has 3 aliphatic heterocycles. The molecule has 0 unspecified atom stereocenters. The van der Waals surface area contributed by atoms with E-state index >= 15 is 0 Å². The minimum Gasteiger partial charge on any atom is -0.274 e. The highest BCUT2D eigenvalue weighted by molar-refractivity contribution is 6.24. The van der Waals surface area contributed by atoms with Crippen LogP contribution < -0.4 is 4.90 Å². The summed E-state index contributed by atoms with van der Waals surface area (Å²) in [6, 6.07) is 10.5. The molecule has 5 rings (SSSR count). The maximum Gasteiger partial charge on any atom is 0.269 e. The van der Waals surface area contributed by atoms with Crippen LogP contribution in [0.5, 0.6) is 0 Å². The number of nitro groups is 1. The van der Waals surface area contributed by atoms with Crippen molar-refractivity contribution in [3.63, 3.8) is 0 Å². The number of amides is 2. The largest absolute Gasteiger partial charge is 0.274 e. The van der Waals surface area contributed by atoms with Crippen molar-refractivity contribution in [1.82, 2.24) is 10.0 Å². The maximum atomic E-state index is 13.4. The summed E-state index contributed by atoms with van der Waals surface area (Å²) in [6.07, 6.45) is 0.875. The number of anilines is 1. The molecule has 3 heterocycles. The summed E-state index contributed by atoms with van der Waals surface area (Å²) < 4.78 is 13.4. The van der Waals surface area contributed by atoms with Gasteiger partial charge in [-0.05, 0) is 36.2 Å². The summed E-state index contributed by atoms with van der Waals surface area (Å²) in [5, 5.41) is 14.9. The smallest absolute Gasteiger partial charge is 0.269 e. The van der Waals surface area contributed by atoms with E-state index in [0.717, 1.165) is 23.4 Å². The number of carbonyl (C=O) groups excluding carboxylic acids is 2. The Morgan fingerprint density at radius 3 is 2.14 bits per heavy atom. The van der Waals surface area contributed by atoms with Gasteiger partial charge in [0.15, 0.2) is 0 Å². The predicted octanol–water partition coefficient (Wildman–Crippen LogP) is 2.27. The second-order valence-electron chi connectivity index (χ2n) is 7.43. The van der Waals surface area contributed by atoms with E-state index in [0.29, 0.717) is 12.2 Å². The molecule has 0 N–H and O–H groups in total. The van der Waals surface area contributed by atoms with Crippen LogP contribution in [0.1, 0.15) is 18.0 Å². The van der Waals surface area contributed by atoms with E-state index < -0.39 is 16.9 Å². The van der Waals surface area contributed by atoms with E-state index in [1.807, 2.05) is 10.0 Å². The van der Waals surface area contributed by atoms with E-state index in [9.17, 15) is 24.1 Å². The molecular formula is C20H17FN4O4. The van der Waals surface area contributed by atoms with Crippen molar-refractivity contribution >= 4 is 23.2 Å². The van der Waals surface area contributed by atoms with Gasteiger partial charge in [0.25, 0.3) is 11.6 Å². The molecule has 0 saturated carbocycles. The van der Waals surface area contributed by atoms with Gasteiger partial charge < -0.3 is 0 Å². The molecule has 2 aromatic carbocycles. The first-order valence-corrected chi connectivity index (χ1v) is 9.38. The molecule has 2 aromatic rings. The first-order valence-electron chi connectivity index (χ1n) is 9.38. The van der Waals surface area contributed by atoms with Crippen LogP contribution in [0, 0.1) is 21.8 Å². The van der Waals surface area contributed by atoms with E-state index in [-0.39, 0.29) is 29.4 Å². The van der Waals surface area contributed by atoms with Gasteiger partial charge in [-0.25, -0.2) is 19.3 Å². The SMILES string of the molecule is O=C1[C@H]2[C@@H](c3ccc(F)cc3)N3CCCN3[C@H]2C(=O)N1c1ccc([N+](=O)[O-])cc1. The number of halogens is 1. The first kappa shape index (κ1) is 17.9. The molecule has 2 amide bonds. The Labute approximate surface area is 165 Å². The number of imide groups is 1. The van der Waals surface area contributed by atoms with E-state index in [1.54, 1.807) is 12.1 Å². The summed E-state index contributed by atoms with van der Waals surface area (Å²) in [4.78, 5) is 38.1. The lowest BCUT2D eigenvalue weighted by atomic mass is 9.90. The molecule has 0 aliphatic carbocycles. The molecule has 29 heavy (non-hydrogen) atoms. The van der Waals surface area contributed by atoms with Gasteiger partial charge in [-0.1, -0.05) is 12.1 Å². The van der Waals surface area contributed by atoms with Crippen molar-refractivity contribution in [1.29, 1.82) is 0 Å². The Kier molecular flexibility index (Phi) is 3.97. The van der Waals surface area contributed by atoms with Crippen LogP contribution >= 0.6 is 0 Å². The molecule has 0 bridgehead atoms. The third-order valence-corrected chi connectivity index (χ3v) is 5.94. The summed E-state index contributed by atoms with van der Waals surface area (Å²) in [5.41, 5.74) is 1.00. The highest BCUT2D eigenvalue weighted by Crippen LogP contribution is 2.48. The van der Waals surface area contributed by atoms with Crippen molar-refractivity contribution in [2.45, 2.75) is 18.5 Å². The number of carbonyl (C=O) groups is 2. The lowest BCUT2D eigenvalue weighted by molar-refractivity contribution is -0.384. The number of nitro benzene ring substituents is 1. The van der Waals surface area contributed by atoms with Crippen LogP contribution in [0.2, 0.25) is 0 Å². The van der Waals surface area contributed by atoms with Crippen molar-refractivity contribution < 1.29 is 18.9 Å². The Morgan fingerprint density at radius 1 is 0.897 bits per heavy atom. The number of non-ortho nitro benzene ring substituents is 1. The average Bonchev–Trinajstić information content (AvgIpc) is 3.35. The number of fused-ring (bicyclic) bond motifs is 3. The molecule has 3 saturated heterocycles. The molecule has 0 radical (unpaired) electrons. The zero-order valence-corrected chi connectivity index (χ0v) is 15.3. The quantitative estimate of drug-likeness (QED) is 0.449. The Bertz CT molecular complexity index is 1010. The molecule has 3 fully saturated rings. The standard InChI is InChI=1S/C20H17FN4O4/c21-13-4-2-12(3-5-13)17-16-18(23-11-1-10-22(17)23)20(27)24(19(16)26)14-6-8-15(9-7-14)25(28)29/h2-9,16-18H,1,10-11H2/t16-,17+,18+/m0/s1. The van der Waals surface area contributed by atoms with Crippen LogP contribution in [0.15, 0.2) is 48.5 Å². The Hall–Kier alpha value is -3.17. The molecule has 148 valence electrons. The Balaban J connectivity index is 1.54. The predicted molar refractivity (Wildman–Crippen MR) is 100 cm³/mol.